The van der Waals surface area contributed by atoms with E-state index in [2.05, 4.69) is 24.5 Å². The molecule has 0 aromatic heterocycles. The molecule has 2 rings (SSSR count). The van der Waals surface area contributed by atoms with Gasteiger partial charge in [0.15, 0.2) is 0 Å². The van der Waals surface area contributed by atoms with Crippen molar-refractivity contribution in [3.05, 3.63) is 34.7 Å². The molecule has 2 amide bonds. The molecule has 1 fully saturated rings. The lowest BCUT2D eigenvalue weighted by Gasteiger charge is -2.47. The Morgan fingerprint density at radius 2 is 1.70 bits per heavy atom. The maximum Gasteiger partial charge on any atom is 0.310 e. The van der Waals surface area contributed by atoms with Crippen molar-refractivity contribution in [2.24, 2.45) is 5.29 Å². The number of nitriles is 1. The van der Waals surface area contributed by atoms with Gasteiger partial charge in [-0.1, -0.05) is 39.7 Å². The Labute approximate surface area is 188 Å². The Bertz CT molecular complexity index is 919. The van der Waals surface area contributed by atoms with Gasteiger partial charge in [0, 0.05) is 18.1 Å². The molecule has 0 bridgehead atoms. The predicted molar refractivity (Wildman–Crippen MR) is 114 cm³/mol. The van der Waals surface area contributed by atoms with E-state index in [0.717, 1.165) is 0 Å². The zero-order chi connectivity index (χ0) is 25.6. The third kappa shape index (κ3) is 7.39. The molecule has 1 aromatic carbocycles. The summed E-state index contributed by atoms with van der Waals surface area (Å²) in [4.78, 5) is 33.0. The molecule has 0 radical (unpaired) electrons. The van der Waals surface area contributed by atoms with Crippen LogP contribution in [-0.4, -0.2) is 36.8 Å². The molecule has 15 heteroatoms. The molecule has 1 atom stereocenters. The molecule has 1 saturated heterocycles. The normalized spacial score (nSPS) is 17.5. The van der Waals surface area contributed by atoms with Crippen molar-refractivity contribution in [3.63, 3.8) is 0 Å². The summed E-state index contributed by atoms with van der Waals surface area (Å²) < 4.78 is 69.6. The van der Waals surface area contributed by atoms with Crippen molar-refractivity contribution in [1.82, 2.24) is 10.7 Å². The van der Waals surface area contributed by atoms with Crippen LogP contribution in [0.3, 0.4) is 0 Å². The molecule has 1 aromatic rings. The third-order valence-corrected chi connectivity index (χ3v) is 5.74. The highest BCUT2D eigenvalue weighted by Crippen LogP contribution is 3.02. The van der Waals surface area contributed by atoms with Crippen LogP contribution < -0.4 is 10.7 Å². The fraction of sp³-hybridized carbons (Fsp3) is 0.500. The van der Waals surface area contributed by atoms with E-state index in [-0.39, 0.29) is 31.4 Å². The molecule has 1 aliphatic heterocycles. The van der Waals surface area contributed by atoms with E-state index in [1.807, 2.05) is 5.97 Å². The quantitative estimate of drug-likeness (QED) is 0.226. The van der Waals surface area contributed by atoms with Gasteiger partial charge in [0.1, 0.15) is 10.9 Å². The van der Waals surface area contributed by atoms with Crippen molar-refractivity contribution >= 4 is 28.8 Å². The molecule has 1 aliphatic rings. The Morgan fingerprint density at radius 1 is 1.18 bits per heavy atom. The third-order valence-electron chi connectivity index (χ3n) is 4.58. The summed E-state index contributed by atoms with van der Waals surface area (Å²) in [6.07, 6.45) is 1.33. The predicted octanol–water partition coefficient (Wildman–Crippen LogP) is 5.00. The average molecular weight is 498 g/mol. The number of carbonyl (C=O) groups is 2. The highest BCUT2D eigenvalue weighted by molar-refractivity contribution is 8.45. The summed E-state index contributed by atoms with van der Waals surface area (Å²) in [5.41, 5.74) is -0.172. The number of hydrogen-bond donors (Lipinski definition) is 2. The highest BCUT2D eigenvalue weighted by Gasteiger charge is 2.65. The fourth-order valence-corrected chi connectivity index (χ4v) is 3.86. The van der Waals surface area contributed by atoms with E-state index in [1.165, 1.54) is 6.42 Å². The number of nitrogens with one attached hydrogen (secondary N) is 2. The minimum Gasteiger partial charge on any atom is -0.374 e. The van der Waals surface area contributed by atoms with Crippen LogP contribution in [0.25, 0.3) is 0 Å². The largest absolute Gasteiger partial charge is 0.374 e. The van der Waals surface area contributed by atoms with Crippen LogP contribution in [0.2, 0.25) is 12.6 Å². The summed E-state index contributed by atoms with van der Waals surface area (Å²) in [6.45, 7) is 5.45. The van der Waals surface area contributed by atoms with Gasteiger partial charge in [-0.2, -0.15) is 0 Å². The van der Waals surface area contributed by atoms with Gasteiger partial charge in [0.25, 0.3) is 18.5 Å². The lowest BCUT2D eigenvalue weighted by molar-refractivity contribution is -0.133. The SMILES string of the molecule is CCC.CCOC1(C(NC(=O)c2ccc(S(F)(F)(F)(F)F)cc2)C(=O)NN=O)CB(C#N)C1. The number of benzene rings is 1. The Kier molecular flexibility index (Phi) is 8.27. The zero-order valence-electron chi connectivity index (χ0n) is 18.1. The maximum absolute atomic E-state index is 12.8. The fourth-order valence-electron chi connectivity index (χ4n) is 3.21. The molecule has 0 aliphatic carbocycles. The first-order valence-electron chi connectivity index (χ1n) is 9.88. The van der Waals surface area contributed by atoms with E-state index in [1.54, 1.807) is 12.3 Å². The first kappa shape index (κ1) is 28.3. The van der Waals surface area contributed by atoms with E-state index >= 15 is 0 Å². The average Bonchev–Trinajstić information content (AvgIpc) is 2.68. The van der Waals surface area contributed by atoms with Crippen molar-refractivity contribution in [2.75, 3.05) is 6.61 Å². The monoisotopic (exact) mass is 498 g/mol. The molecule has 2 N–H and O–H groups in total. The number of amides is 2. The van der Waals surface area contributed by atoms with E-state index in [0.29, 0.717) is 12.1 Å². The van der Waals surface area contributed by atoms with Gasteiger partial charge in [0.05, 0.1) is 10.9 Å². The van der Waals surface area contributed by atoms with Gasteiger partial charge in [0.2, 0.25) is 0 Å². The van der Waals surface area contributed by atoms with Crippen molar-refractivity contribution in [3.8, 4) is 5.97 Å². The first-order valence-corrected chi connectivity index (χ1v) is 11.8. The van der Waals surface area contributed by atoms with E-state index in [9.17, 15) is 33.9 Å². The van der Waals surface area contributed by atoms with Crippen LogP contribution in [0.5, 0.6) is 0 Å². The number of hydrogen-bond acceptors (Lipinski definition) is 6. The zero-order valence-corrected chi connectivity index (χ0v) is 18.9. The van der Waals surface area contributed by atoms with Crippen LogP contribution in [0.4, 0.5) is 19.4 Å². The van der Waals surface area contributed by atoms with Crippen molar-refractivity contribution in [2.45, 2.75) is 56.4 Å². The number of halogens is 5. The van der Waals surface area contributed by atoms with Gasteiger partial charge in [-0.15, -0.1) is 4.91 Å². The van der Waals surface area contributed by atoms with Gasteiger partial charge in [-0.3, -0.25) is 9.59 Å². The number of nitrogens with zero attached hydrogens (tertiary/aromatic N) is 2. The first-order chi connectivity index (χ1) is 15.1. The molecule has 1 unspecified atom stereocenters. The molecule has 184 valence electrons. The Hall–Kier alpha value is -2.73. The molecule has 8 nitrogen and oxygen atoms in total. The van der Waals surface area contributed by atoms with E-state index < -0.39 is 50.9 Å². The molecular weight excluding hydrogens is 474 g/mol. The van der Waals surface area contributed by atoms with Crippen LogP contribution in [0.1, 0.15) is 37.6 Å². The standard InChI is InChI=1S/C15H16BF5N4O4S.C3H8/c1-2-29-15(7-16(8-15)9-22)12(14(27)24-25-28)23-13(26)10-3-5-11(6-4-10)30(17,18,19,20)21;1-3-2/h3-6,12H,2,7-8H2,1H3,(H,23,26)(H,24,27,28);3H2,1-2H3. The molecule has 33 heavy (non-hydrogen) atoms. The van der Waals surface area contributed by atoms with Crippen LogP contribution in [0.15, 0.2) is 34.4 Å². The number of rotatable bonds is 8. The minimum absolute atomic E-state index is 0.0394. The van der Waals surface area contributed by atoms with Gasteiger partial charge in [-0.25, -0.2) is 10.7 Å². The molecule has 0 spiro atoms. The topological polar surface area (TPSA) is 121 Å². The summed E-state index contributed by atoms with van der Waals surface area (Å²) in [5, 5.41) is 13.5. The van der Waals surface area contributed by atoms with Crippen LogP contribution in [-0.2, 0) is 9.53 Å². The van der Waals surface area contributed by atoms with Gasteiger partial charge < -0.3 is 10.1 Å². The minimum atomic E-state index is -9.91. The molecule has 0 saturated carbocycles. The molecule has 1 heterocycles. The second-order valence-corrected chi connectivity index (χ2v) is 9.82. The lowest BCUT2D eigenvalue weighted by Crippen LogP contribution is -2.67. The Balaban J connectivity index is 0.00000172. The second kappa shape index (κ2) is 9.64. The maximum atomic E-state index is 12.8. The van der Waals surface area contributed by atoms with Crippen molar-refractivity contribution < 1.29 is 33.8 Å². The number of nitroso groups, excluding NO2 is 1. The van der Waals surface area contributed by atoms with Crippen LogP contribution in [0, 0.1) is 16.1 Å². The smallest absolute Gasteiger partial charge is 0.310 e. The van der Waals surface area contributed by atoms with Gasteiger partial charge in [-0.05, 0) is 43.8 Å². The van der Waals surface area contributed by atoms with Crippen molar-refractivity contribution in [1.29, 1.82) is 5.26 Å². The number of ether oxygens (including phenoxy) is 1. The van der Waals surface area contributed by atoms with Crippen LogP contribution >= 0.6 is 10.2 Å². The summed E-state index contributed by atoms with van der Waals surface area (Å²) in [5.74, 6) is -0.169. The Morgan fingerprint density at radius 3 is 2.09 bits per heavy atom. The highest BCUT2D eigenvalue weighted by atomic mass is 32.5. The van der Waals surface area contributed by atoms with E-state index in [4.69, 9.17) is 10.00 Å². The number of carbonyl (C=O) groups excluding carboxylic acids is 2. The second-order valence-electron chi connectivity index (χ2n) is 7.41. The van der Waals surface area contributed by atoms with Gasteiger partial charge >= 0.3 is 10.2 Å². The molecular formula is C18H24BF5N4O4S. The summed E-state index contributed by atoms with van der Waals surface area (Å²) >= 11 is 0. The summed E-state index contributed by atoms with van der Waals surface area (Å²) in [6, 6.07) is -0.330. The lowest BCUT2D eigenvalue weighted by atomic mass is 9.29. The summed E-state index contributed by atoms with van der Waals surface area (Å²) in [7, 11) is -9.91.